The third-order valence-electron chi connectivity index (χ3n) is 6.58. The first-order valence-corrected chi connectivity index (χ1v) is 12.1. The highest BCUT2D eigenvalue weighted by Crippen LogP contribution is 2.37. The standard InChI is InChI=1S/C28H26F3N3O4/c1-16-11-23(34-27(37)38)24(14-21(16)28(29,30)31)33-26(36)15-25(35)20-8-4-7-18(12-20)19-9-10-32-22(13-19)17-5-2-3-6-17/h4,7-14,17,34H,2-3,5-6,15H2,1H3,(H,33,36)(H,37,38). The van der Waals surface area contributed by atoms with Crippen LogP contribution in [0, 0.1) is 6.92 Å². The van der Waals surface area contributed by atoms with Crippen molar-refractivity contribution in [3.8, 4) is 11.1 Å². The number of alkyl halides is 3. The molecule has 0 bridgehead atoms. The lowest BCUT2D eigenvalue weighted by Crippen LogP contribution is -2.20. The fourth-order valence-electron chi connectivity index (χ4n) is 4.72. The number of benzene rings is 2. The van der Waals surface area contributed by atoms with E-state index in [-0.39, 0.29) is 16.8 Å². The number of carbonyl (C=O) groups excluding carboxylic acids is 2. The van der Waals surface area contributed by atoms with Crippen LogP contribution in [0.1, 0.15) is 65.2 Å². The summed E-state index contributed by atoms with van der Waals surface area (Å²) in [5, 5.41) is 13.3. The molecule has 7 nitrogen and oxygen atoms in total. The van der Waals surface area contributed by atoms with Crippen molar-refractivity contribution in [2.45, 2.75) is 51.1 Å². The summed E-state index contributed by atoms with van der Waals surface area (Å²) < 4.78 is 40.1. The number of aromatic nitrogens is 1. The molecule has 1 aliphatic carbocycles. The van der Waals surface area contributed by atoms with Crippen molar-refractivity contribution in [2.75, 3.05) is 10.6 Å². The summed E-state index contributed by atoms with van der Waals surface area (Å²) in [5.74, 6) is -0.993. The van der Waals surface area contributed by atoms with Gasteiger partial charge in [0, 0.05) is 23.4 Å². The van der Waals surface area contributed by atoms with Gasteiger partial charge in [-0.15, -0.1) is 0 Å². The van der Waals surface area contributed by atoms with Crippen molar-refractivity contribution in [1.29, 1.82) is 0 Å². The zero-order valence-corrected chi connectivity index (χ0v) is 20.6. The Morgan fingerprint density at radius 2 is 1.66 bits per heavy atom. The second-order valence-corrected chi connectivity index (χ2v) is 9.32. The topological polar surface area (TPSA) is 108 Å². The number of carboxylic acid groups (broad SMARTS) is 1. The van der Waals surface area contributed by atoms with Crippen LogP contribution >= 0.6 is 0 Å². The van der Waals surface area contributed by atoms with E-state index in [4.69, 9.17) is 5.11 Å². The molecule has 1 fully saturated rings. The quantitative estimate of drug-likeness (QED) is 0.227. The Balaban J connectivity index is 1.52. The van der Waals surface area contributed by atoms with E-state index < -0.39 is 41.6 Å². The number of hydrogen-bond donors (Lipinski definition) is 3. The first-order valence-electron chi connectivity index (χ1n) is 12.1. The lowest BCUT2D eigenvalue weighted by Gasteiger charge is -2.17. The number of halogens is 3. The van der Waals surface area contributed by atoms with Gasteiger partial charge < -0.3 is 10.4 Å². The number of aryl methyl sites for hydroxylation is 1. The zero-order chi connectivity index (χ0) is 27.4. The predicted molar refractivity (Wildman–Crippen MR) is 136 cm³/mol. The summed E-state index contributed by atoms with van der Waals surface area (Å²) in [7, 11) is 0. The average molecular weight is 526 g/mol. The summed E-state index contributed by atoms with van der Waals surface area (Å²) in [6.07, 6.45) is -0.586. The Bertz CT molecular complexity index is 1380. The van der Waals surface area contributed by atoms with Gasteiger partial charge >= 0.3 is 12.3 Å². The van der Waals surface area contributed by atoms with Gasteiger partial charge in [0.15, 0.2) is 5.78 Å². The van der Waals surface area contributed by atoms with E-state index in [1.807, 2.05) is 23.5 Å². The van der Waals surface area contributed by atoms with Crippen molar-refractivity contribution < 1.29 is 32.7 Å². The molecule has 0 unspecified atom stereocenters. The minimum absolute atomic E-state index is 0.223. The number of amides is 2. The first-order chi connectivity index (χ1) is 18.0. The number of nitrogens with one attached hydrogen (secondary N) is 2. The third-order valence-corrected chi connectivity index (χ3v) is 6.58. The fourth-order valence-corrected chi connectivity index (χ4v) is 4.72. The molecule has 0 spiro atoms. The number of anilines is 2. The van der Waals surface area contributed by atoms with Crippen LogP contribution in [0.15, 0.2) is 54.7 Å². The van der Waals surface area contributed by atoms with Gasteiger partial charge in [0.25, 0.3) is 0 Å². The SMILES string of the molecule is Cc1cc(NC(=O)O)c(NC(=O)CC(=O)c2cccc(-c3ccnc(C4CCCC4)c3)c2)cc1C(F)(F)F. The molecule has 3 aromatic rings. The second kappa shape index (κ2) is 11.0. The molecule has 4 rings (SSSR count). The van der Waals surface area contributed by atoms with Crippen LogP contribution in [0.4, 0.5) is 29.3 Å². The van der Waals surface area contributed by atoms with Crippen LogP contribution in [-0.2, 0) is 11.0 Å². The largest absolute Gasteiger partial charge is 0.465 e. The molecule has 2 amide bonds. The number of nitrogens with zero attached hydrogens (tertiary/aromatic N) is 1. The van der Waals surface area contributed by atoms with E-state index in [1.165, 1.54) is 19.8 Å². The maximum atomic E-state index is 13.4. The Kier molecular flexibility index (Phi) is 7.80. The number of carbonyl (C=O) groups is 3. The van der Waals surface area contributed by atoms with Crippen LogP contribution in [0.2, 0.25) is 0 Å². The molecule has 1 heterocycles. The number of pyridine rings is 1. The molecule has 0 aliphatic heterocycles. The van der Waals surface area contributed by atoms with Gasteiger partial charge in [-0.05, 0) is 66.8 Å². The summed E-state index contributed by atoms with van der Waals surface area (Å²) in [6, 6.07) is 12.2. The Labute approximate surface area is 217 Å². The molecule has 0 saturated heterocycles. The fraction of sp³-hybridized carbons (Fsp3) is 0.286. The predicted octanol–water partition coefficient (Wildman–Crippen LogP) is 7.03. The van der Waals surface area contributed by atoms with E-state index in [9.17, 15) is 27.6 Å². The molecule has 3 N–H and O–H groups in total. The van der Waals surface area contributed by atoms with E-state index >= 15 is 0 Å². The smallest absolute Gasteiger partial charge is 0.416 e. The lowest BCUT2D eigenvalue weighted by atomic mass is 9.97. The minimum atomic E-state index is -4.72. The molecule has 2 aromatic carbocycles. The number of Topliss-reactive ketones (excluding diaryl/α,β-unsaturated/α-hetero) is 1. The van der Waals surface area contributed by atoms with Gasteiger partial charge in [-0.25, -0.2) is 4.79 Å². The average Bonchev–Trinajstić information content (AvgIpc) is 3.40. The van der Waals surface area contributed by atoms with Crippen LogP contribution in [-0.4, -0.2) is 27.9 Å². The van der Waals surface area contributed by atoms with Gasteiger partial charge in [-0.3, -0.25) is 19.9 Å². The lowest BCUT2D eigenvalue weighted by molar-refractivity contribution is -0.138. The monoisotopic (exact) mass is 525 g/mol. The maximum Gasteiger partial charge on any atom is 0.416 e. The van der Waals surface area contributed by atoms with Crippen molar-refractivity contribution >= 4 is 29.2 Å². The van der Waals surface area contributed by atoms with E-state index in [2.05, 4.69) is 10.3 Å². The van der Waals surface area contributed by atoms with Gasteiger partial charge in [0.1, 0.15) is 0 Å². The molecule has 198 valence electrons. The molecule has 1 aliphatic rings. The Morgan fingerprint density at radius 1 is 0.974 bits per heavy atom. The van der Waals surface area contributed by atoms with Crippen molar-refractivity contribution in [2.24, 2.45) is 0 Å². The van der Waals surface area contributed by atoms with Crippen LogP contribution in [0.5, 0.6) is 0 Å². The number of rotatable bonds is 7. The summed E-state index contributed by atoms with van der Waals surface area (Å²) >= 11 is 0. The van der Waals surface area contributed by atoms with Gasteiger partial charge in [0.2, 0.25) is 5.91 Å². The van der Waals surface area contributed by atoms with Crippen LogP contribution < -0.4 is 10.6 Å². The molecule has 0 atom stereocenters. The second-order valence-electron chi connectivity index (χ2n) is 9.32. The number of hydrogen-bond acceptors (Lipinski definition) is 4. The molecular formula is C28H26F3N3O4. The zero-order valence-electron chi connectivity index (χ0n) is 20.6. The summed E-state index contributed by atoms with van der Waals surface area (Å²) in [6.45, 7) is 1.18. The van der Waals surface area contributed by atoms with Crippen molar-refractivity contribution in [1.82, 2.24) is 4.98 Å². The van der Waals surface area contributed by atoms with E-state index in [1.54, 1.807) is 24.4 Å². The van der Waals surface area contributed by atoms with Gasteiger partial charge in [-0.2, -0.15) is 13.2 Å². The highest BCUT2D eigenvalue weighted by atomic mass is 19.4. The van der Waals surface area contributed by atoms with Crippen LogP contribution in [0.25, 0.3) is 11.1 Å². The van der Waals surface area contributed by atoms with E-state index in [0.717, 1.165) is 35.7 Å². The molecule has 1 aromatic heterocycles. The molecule has 38 heavy (non-hydrogen) atoms. The molecular weight excluding hydrogens is 499 g/mol. The summed E-state index contributed by atoms with van der Waals surface area (Å²) in [4.78, 5) is 41.1. The van der Waals surface area contributed by atoms with Gasteiger partial charge in [0.05, 0.1) is 23.4 Å². The molecule has 0 radical (unpaired) electrons. The van der Waals surface area contributed by atoms with E-state index in [0.29, 0.717) is 12.0 Å². The summed E-state index contributed by atoms with van der Waals surface area (Å²) in [5.41, 5.74) is 1.06. The molecule has 1 saturated carbocycles. The Morgan fingerprint density at radius 3 is 2.34 bits per heavy atom. The molecule has 10 heteroatoms. The van der Waals surface area contributed by atoms with Crippen LogP contribution in [0.3, 0.4) is 0 Å². The minimum Gasteiger partial charge on any atom is -0.465 e. The Hall–Kier alpha value is -4.21. The highest BCUT2D eigenvalue weighted by Gasteiger charge is 2.33. The van der Waals surface area contributed by atoms with Crippen molar-refractivity contribution in [3.05, 3.63) is 77.1 Å². The highest BCUT2D eigenvalue weighted by molar-refractivity contribution is 6.12. The van der Waals surface area contributed by atoms with Gasteiger partial charge in [-0.1, -0.05) is 31.0 Å². The third kappa shape index (κ3) is 6.37. The first kappa shape index (κ1) is 26.8. The maximum absolute atomic E-state index is 13.4. The normalized spacial score (nSPS) is 13.8. The number of ketones is 1. The van der Waals surface area contributed by atoms with Crippen molar-refractivity contribution in [3.63, 3.8) is 0 Å².